The topological polar surface area (TPSA) is 76.8 Å². The van der Waals surface area contributed by atoms with Crippen LogP contribution in [0.15, 0.2) is 18.2 Å². The summed E-state index contributed by atoms with van der Waals surface area (Å²) in [5.74, 6) is 0.393. The van der Waals surface area contributed by atoms with Gasteiger partial charge in [0.25, 0.3) is 5.91 Å². The molecule has 0 unspecified atom stereocenters. The number of hydrogen-bond acceptors (Lipinski definition) is 5. The number of anilines is 1. The van der Waals surface area contributed by atoms with Gasteiger partial charge in [0.1, 0.15) is 5.75 Å². The first-order chi connectivity index (χ1) is 9.54. The number of nitrogens with zero attached hydrogens (tertiary/aromatic N) is 1. The van der Waals surface area contributed by atoms with Crippen molar-refractivity contribution in [1.82, 2.24) is 10.2 Å². The van der Waals surface area contributed by atoms with Crippen LogP contribution in [0.4, 0.5) is 5.69 Å². The number of rotatable bonds is 8. The molecule has 0 saturated heterocycles. The molecule has 1 amide bonds. The molecule has 0 aliphatic heterocycles. The van der Waals surface area contributed by atoms with E-state index in [1.165, 1.54) is 7.11 Å². The zero-order valence-electron chi connectivity index (χ0n) is 12.3. The van der Waals surface area contributed by atoms with E-state index < -0.39 is 0 Å². The minimum atomic E-state index is -0.171. The summed E-state index contributed by atoms with van der Waals surface area (Å²) in [4.78, 5) is 13.9. The number of ether oxygens (including phenoxy) is 2. The van der Waals surface area contributed by atoms with Crippen molar-refractivity contribution in [2.75, 3.05) is 53.2 Å². The van der Waals surface area contributed by atoms with E-state index in [2.05, 4.69) is 5.32 Å². The maximum absolute atomic E-state index is 11.9. The quantitative estimate of drug-likeness (QED) is 0.538. The van der Waals surface area contributed by atoms with E-state index in [9.17, 15) is 4.79 Å². The van der Waals surface area contributed by atoms with E-state index in [1.54, 1.807) is 18.2 Å². The Morgan fingerprint density at radius 1 is 1.35 bits per heavy atom. The van der Waals surface area contributed by atoms with E-state index in [0.29, 0.717) is 36.8 Å². The summed E-state index contributed by atoms with van der Waals surface area (Å²) in [6.07, 6.45) is 0. The first kappa shape index (κ1) is 16.3. The number of hydrogen-bond donors (Lipinski definition) is 2. The third-order valence-electron chi connectivity index (χ3n) is 2.71. The normalized spacial score (nSPS) is 10.6. The molecule has 6 nitrogen and oxygen atoms in total. The second-order valence-corrected chi connectivity index (χ2v) is 4.63. The number of carbonyl (C=O) groups is 1. The van der Waals surface area contributed by atoms with Crippen LogP contribution in [0.25, 0.3) is 0 Å². The van der Waals surface area contributed by atoms with Crippen LogP contribution in [0, 0.1) is 0 Å². The average Bonchev–Trinajstić information content (AvgIpc) is 2.42. The van der Waals surface area contributed by atoms with E-state index >= 15 is 0 Å². The van der Waals surface area contributed by atoms with Gasteiger partial charge in [0.15, 0.2) is 0 Å². The van der Waals surface area contributed by atoms with Crippen LogP contribution in [0.2, 0.25) is 0 Å². The van der Waals surface area contributed by atoms with Gasteiger partial charge in [0.2, 0.25) is 0 Å². The van der Waals surface area contributed by atoms with E-state index in [0.717, 1.165) is 6.54 Å². The number of nitrogens with one attached hydrogen (secondary N) is 1. The van der Waals surface area contributed by atoms with Crippen LogP contribution in [0.1, 0.15) is 10.4 Å². The molecule has 0 fully saturated rings. The molecule has 0 aliphatic rings. The predicted molar refractivity (Wildman–Crippen MR) is 79.1 cm³/mol. The largest absolute Gasteiger partial charge is 0.495 e. The van der Waals surface area contributed by atoms with Gasteiger partial charge in [-0.3, -0.25) is 4.79 Å². The fraction of sp³-hybridized carbons (Fsp3) is 0.500. The summed E-state index contributed by atoms with van der Waals surface area (Å²) in [5, 5.41) is 2.78. The Balaban J connectivity index is 2.31. The Hall–Kier alpha value is -1.79. The van der Waals surface area contributed by atoms with Crippen molar-refractivity contribution in [2.45, 2.75) is 0 Å². The molecule has 20 heavy (non-hydrogen) atoms. The van der Waals surface area contributed by atoms with Gasteiger partial charge < -0.3 is 25.4 Å². The molecule has 0 heterocycles. The third-order valence-corrected chi connectivity index (χ3v) is 2.71. The van der Waals surface area contributed by atoms with Crippen molar-refractivity contribution >= 4 is 11.6 Å². The van der Waals surface area contributed by atoms with Gasteiger partial charge >= 0.3 is 0 Å². The average molecular weight is 281 g/mol. The number of methoxy groups -OCH3 is 1. The number of nitrogens with two attached hydrogens (primary N) is 1. The number of amides is 1. The molecule has 6 heteroatoms. The van der Waals surface area contributed by atoms with Gasteiger partial charge in [0.05, 0.1) is 26.0 Å². The Bertz CT molecular complexity index is 436. The van der Waals surface area contributed by atoms with E-state index in [-0.39, 0.29) is 5.91 Å². The fourth-order valence-corrected chi connectivity index (χ4v) is 1.56. The van der Waals surface area contributed by atoms with Crippen molar-refractivity contribution in [3.8, 4) is 5.75 Å². The first-order valence-electron chi connectivity index (χ1n) is 6.48. The SMILES string of the molecule is COc1ccc(C(=O)NCCOCCN(C)C)cc1N. The standard InChI is InChI=1S/C14H23N3O3/c1-17(2)7-9-20-8-6-16-14(18)11-4-5-13(19-3)12(15)10-11/h4-5,10H,6-9,15H2,1-3H3,(H,16,18). The summed E-state index contributed by atoms with van der Waals surface area (Å²) in [7, 11) is 5.51. The van der Waals surface area contributed by atoms with Gasteiger partial charge in [0, 0.05) is 18.7 Å². The van der Waals surface area contributed by atoms with Crippen LogP contribution < -0.4 is 15.8 Å². The van der Waals surface area contributed by atoms with Crippen LogP contribution in [-0.4, -0.2) is 58.3 Å². The minimum Gasteiger partial charge on any atom is -0.495 e. The highest BCUT2D eigenvalue weighted by Gasteiger charge is 2.07. The maximum atomic E-state index is 11.9. The lowest BCUT2D eigenvalue weighted by atomic mass is 10.2. The van der Waals surface area contributed by atoms with Crippen LogP contribution in [-0.2, 0) is 4.74 Å². The Kier molecular flexibility index (Phi) is 6.83. The molecule has 1 rings (SSSR count). The summed E-state index contributed by atoms with van der Waals surface area (Å²) >= 11 is 0. The lowest BCUT2D eigenvalue weighted by Crippen LogP contribution is -2.28. The number of likely N-dealkylation sites (N-methyl/N-ethyl adjacent to an activating group) is 1. The second-order valence-electron chi connectivity index (χ2n) is 4.63. The van der Waals surface area contributed by atoms with Gasteiger partial charge in [-0.1, -0.05) is 0 Å². The summed E-state index contributed by atoms with van der Waals surface area (Å²) in [6, 6.07) is 4.95. The molecular weight excluding hydrogens is 258 g/mol. The number of benzene rings is 1. The zero-order chi connectivity index (χ0) is 15.0. The van der Waals surface area contributed by atoms with Crippen molar-refractivity contribution in [1.29, 1.82) is 0 Å². The third kappa shape index (κ3) is 5.46. The van der Waals surface area contributed by atoms with Crippen LogP contribution in [0.5, 0.6) is 5.75 Å². The molecule has 1 aromatic carbocycles. The maximum Gasteiger partial charge on any atom is 0.251 e. The van der Waals surface area contributed by atoms with Crippen molar-refractivity contribution < 1.29 is 14.3 Å². The predicted octanol–water partition coefficient (Wildman–Crippen LogP) is 0.585. The van der Waals surface area contributed by atoms with Crippen molar-refractivity contribution in [3.05, 3.63) is 23.8 Å². The molecule has 0 spiro atoms. The summed E-state index contributed by atoms with van der Waals surface area (Å²) in [5.41, 5.74) is 6.72. The highest BCUT2D eigenvalue weighted by Crippen LogP contribution is 2.21. The molecule has 3 N–H and O–H groups in total. The molecule has 0 saturated carbocycles. The Morgan fingerprint density at radius 2 is 2.10 bits per heavy atom. The number of nitrogen functional groups attached to an aromatic ring is 1. The summed E-state index contributed by atoms with van der Waals surface area (Å²) in [6.45, 7) is 2.48. The molecule has 0 atom stereocenters. The summed E-state index contributed by atoms with van der Waals surface area (Å²) < 4.78 is 10.4. The molecule has 0 aromatic heterocycles. The Morgan fingerprint density at radius 3 is 2.70 bits per heavy atom. The highest BCUT2D eigenvalue weighted by atomic mass is 16.5. The molecule has 112 valence electrons. The monoisotopic (exact) mass is 281 g/mol. The molecule has 1 aromatic rings. The lowest BCUT2D eigenvalue weighted by molar-refractivity contribution is 0.0900. The highest BCUT2D eigenvalue weighted by molar-refractivity contribution is 5.95. The van der Waals surface area contributed by atoms with E-state index in [4.69, 9.17) is 15.2 Å². The lowest BCUT2D eigenvalue weighted by Gasteiger charge is -2.11. The van der Waals surface area contributed by atoms with Crippen LogP contribution in [0.3, 0.4) is 0 Å². The fourth-order valence-electron chi connectivity index (χ4n) is 1.56. The second kappa shape index (κ2) is 8.39. The van der Waals surface area contributed by atoms with Gasteiger partial charge in [-0.15, -0.1) is 0 Å². The first-order valence-corrected chi connectivity index (χ1v) is 6.48. The molecular formula is C14H23N3O3. The van der Waals surface area contributed by atoms with Gasteiger partial charge in [-0.25, -0.2) is 0 Å². The molecule has 0 aliphatic carbocycles. The smallest absolute Gasteiger partial charge is 0.251 e. The molecule has 0 bridgehead atoms. The van der Waals surface area contributed by atoms with Crippen LogP contribution >= 0.6 is 0 Å². The molecule has 0 radical (unpaired) electrons. The van der Waals surface area contributed by atoms with Crippen molar-refractivity contribution in [3.63, 3.8) is 0 Å². The minimum absolute atomic E-state index is 0.171. The number of carbonyl (C=O) groups excluding carboxylic acids is 1. The van der Waals surface area contributed by atoms with Gasteiger partial charge in [-0.2, -0.15) is 0 Å². The zero-order valence-corrected chi connectivity index (χ0v) is 12.3. The van der Waals surface area contributed by atoms with Crippen molar-refractivity contribution in [2.24, 2.45) is 0 Å². The Labute approximate surface area is 119 Å². The van der Waals surface area contributed by atoms with E-state index in [1.807, 2.05) is 19.0 Å². The van der Waals surface area contributed by atoms with Gasteiger partial charge in [-0.05, 0) is 32.3 Å².